The average molecular weight is 335 g/mol. The van der Waals surface area contributed by atoms with Crippen molar-refractivity contribution >= 4 is 8.32 Å². The Labute approximate surface area is 146 Å². The van der Waals surface area contributed by atoms with Gasteiger partial charge in [-0.15, -0.1) is 5.73 Å². The van der Waals surface area contributed by atoms with Crippen LogP contribution in [0, 0.1) is 5.41 Å². The minimum Gasteiger partial charge on any atom is -0.413 e. The van der Waals surface area contributed by atoms with E-state index in [9.17, 15) is 0 Å². The standard InChI is InChI=1S/C21H38OSi/c1-17(2)13-12-14-19(20(4,5)6)18(3)15-16-22-23(10,11)21(7,8)9/h12-13,15H,16H2,1-11H3/b18-15-. The molecule has 0 fully saturated rings. The first-order valence-electron chi connectivity index (χ1n) is 8.60. The van der Waals surface area contributed by atoms with E-state index >= 15 is 0 Å². The molecule has 132 valence electrons. The van der Waals surface area contributed by atoms with Crippen LogP contribution in [-0.2, 0) is 4.43 Å². The summed E-state index contributed by atoms with van der Waals surface area (Å²) in [5, 5.41) is 0.251. The summed E-state index contributed by atoms with van der Waals surface area (Å²) in [5.41, 5.74) is 7.33. The molecule has 0 spiro atoms. The first kappa shape index (κ1) is 22.2. The van der Waals surface area contributed by atoms with Gasteiger partial charge in [-0.3, -0.25) is 0 Å². The van der Waals surface area contributed by atoms with Gasteiger partial charge in [0.25, 0.3) is 0 Å². The highest BCUT2D eigenvalue weighted by atomic mass is 28.4. The minimum atomic E-state index is -1.68. The van der Waals surface area contributed by atoms with Crippen molar-refractivity contribution in [2.45, 2.75) is 80.4 Å². The Balaban J connectivity index is 5.31. The van der Waals surface area contributed by atoms with Crippen LogP contribution in [0.3, 0.4) is 0 Å². The molecule has 0 aromatic carbocycles. The van der Waals surface area contributed by atoms with E-state index in [-0.39, 0.29) is 10.5 Å². The molecule has 0 atom stereocenters. The normalized spacial score (nSPS) is 13.4. The SMILES string of the molecule is CC(C)=CC=C=C(/C(C)=C\CO[Si](C)(C)C(C)(C)C)C(C)(C)C. The molecule has 0 bridgehead atoms. The monoisotopic (exact) mass is 334 g/mol. The van der Waals surface area contributed by atoms with E-state index in [0.717, 1.165) is 0 Å². The van der Waals surface area contributed by atoms with Gasteiger partial charge < -0.3 is 4.43 Å². The van der Waals surface area contributed by atoms with E-state index in [1.807, 2.05) is 6.08 Å². The number of rotatable bonds is 5. The zero-order valence-electron chi connectivity index (χ0n) is 17.3. The summed E-state index contributed by atoms with van der Waals surface area (Å²) in [5.74, 6) is 0. The Morgan fingerprint density at radius 2 is 1.52 bits per heavy atom. The Hall–Kier alpha value is -0.823. The van der Waals surface area contributed by atoms with Gasteiger partial charge in [0, 0.05) is 5.57 Å². The van der Waals surface area contributed by atoms with Crippen molar-refractivity contribution in [2.75, 3.05) is 6.61 Å². The maximum Gasteiger partial charge on any atom is 0.192 e. The largest absolute Gasteiger partial charge is 0.413 e. The van der Waals surface area contributed by atoms with Crippen LogP contribution < -0.4 is 0 Å². The lowest BCUT2D eigenvalue weighted by Crippen LogP contribution is -2.40. The fourth-order valence-corrected chi connectivity index (χ4v) is 2.84. The molecule has 0 aliphatic rings. The molecule has 0 aromatic rings. The maximum absolute atomic E-state index is 6.27. The van der Waals surface area contributed by atoms with Crippen LogP contribution in [0.4, 0.5) is 0 Å². The van der Waals surface area contributed by atoms with Crippen LogP contribution in [0.2, 0.25) is 18.1 Å². The lowest BCUT2D eigenvalue weighted by atomic mass is 9.82. The summed E-state index contributed by atoms with van der Waals surface area (Å²) in [7, 11) is -1.68. The molecule has 0 N–H and O–H groups in total. The first-order valence-corrected chi connectivity index (χ1v) is 11.5. The van der Waals surface area contributed by atoms with Gasteiger partial charge in [0.1, 0.15) is 0 Å². The van der Waals surface area contributed by atoms with Crippen molar-refractivity contribution in [2.24, 2.45) is 5.41 Å². The molecular weight excluding hydrogens is 296 g/mol. The molecule has 0 heterocycles. The van der Waals surface area contributed by atoms with Crippen molar-refractivity contribution < 1.29 is 4.43 Å². The smallest absolute Gasteiger partial charge is 0.192 e. The predicted octanol–water partition coefficient (Wildman–Crippen LogP) is 7.05. The fourth-order valence-electron chi connectivity index (χ4n) is 1.91. The number of allylic oxidation sites excluding steroid dienone is 4. The molecule has 0 unspecified atom stereocenters. The van der Waals surface area contributed by atoms with Gasteiger partial charge in [-0.25, -0.2) is 0 Å². The molecule has 1 nitrogen and oxygen atoms in total. The van der Waals surface area contributed by atoms with E-state index in [2.05, 4.69) is 93.3 Å². The molecule has 0 aliphatic heterocycles. The summed E-state index contributed by atoms with van der Waals surface area (Å²) in [6, 6.07) is 0. The second kappa shape index (κ2) is 8.33. The highest BCUT2D eigenvalue weighted by molar-refractivity contribution is 6.74. The Bertz CT molecular complexity index is 509. The van der Waals surface area contributed by atoms with Gasteiger partial charge in [0.2, 0.25) is 0 Å². The Kier molecular flexibility index (Phi) is 8.03. The number of hydrogen-bond acceptors (Lipinski definition) is 1. The quantitative estimate of drug-likeness (QED) is 0.297. The maximum atomic E-state index is 6.27. The van der Waals surface area contributed by atoms with Crippen molar-refractivity contribution in [3.8, 4) is 0 Å². The molecule has 0 rings (SSSR count). The molecule has 0 saturated heterocycles. The lowest BCUT2D eigenvalue weighted by molar-refractivity contribution is 0.327. The minimum absolute atomic E-state index is 0.0730. The molecule has 0 amide bonds. The van der Waals surface area contributed by atoms with Gasteiger partial charge in [-0.05, 0) is 56.0 Å². The van der Waals surface area contributed by atoms with E-state index in [1.54, 1.807) is 0 Å². The average Bonchev–Trinajstić information content (AvgIpc) is 2.30. The zero-order valence-corrected chi connectivity index (χ0v) is 18.3. The highest BCUT2D eigenvalue weighted by Crippen LogP contribution is 2.36. The lowest BCUT2D eigenvalue weighted by Gasteiger charge is -2.35. The summed E-state index contributed by atoms with van der Waals surface area (Å²) in [6.07, 6.45) is 6.34. The molecule has 0 aromatic heterocycles. The number of hydrogen-bond donors (Lipinski definition) is 0. The Morgan fingerprint density at radius 1 is 1.00 bits per heavy atom. The topological polar surface area (TPSA) is 9.23 Å². The van der Waals surface area contributed by atoms with Crippen LogP contribution in [0.15, 0.2) is 40.7 Å². The molecule has 23 heavy (non-hydrogen) atoms. The van der Waals surface area contributed by atoms with Crippen LogP contribution in [0.25, 0.3) is 0 Å². The molecular formula is C21H38OSi. The second-order valence-corrected chi connectivity index (χ2v) is 13.9. The zero-order chi connectivity index (χ0) is 18.5. The van der Waals surface area contributed by atoms with Crippen molar-refractivity contribution in [1.29, 1.82) is 0 Å². The highest BCUT2D eigenvalue weighted by Gasteiger charge is 2.36. The second-order valence-electron chi connectivity index (χ2n) is 9.14. The third-order valence-electron chi connectivity index (χ3n) is 4.43. The van der Waals surface area contributed by atoms with Gasteiger partial charge in [-0.1, -0.05) is 59.3 Å². The molecule has 0 aliphatic carbocycles. The molecule has 0 radical (unpaired) electrons. The van der Waals surface area contributed by atoms with Crippen LogP contribution >= 0.6 is 0 Å². The summed E-state index contributed by atoms with van der Waals surface area (Å²) in [4.78, 5) is 0. The third-order valence-corrected chi connectivity index (χ3v) is 8.93. The van der Waals surface area contributed by atoms with E-state index in [0.29, 0.717) is 6.61 Å². The fraction of sp³-hybridized carbons (Fsp3) is 0.667. The molecule has 2 heteroatoms. The Morgan fingerprint density at radius 3 is 1.91 bits per heavy atom. The summed E-state index contributed by atoms with van der Waals surface area (Å²) in [6.45, 7) is 25.2. The van der Waals surface area contributed by atoms with Gasteiger partial charge in [0.15, 0.2) is 8.32 Å². The van der Waals surface area contributed by atoms with E-state index in [1.165, 1.54) is 16.7 Å². The van der Waals surface area contributed by atoms with Crippen molar-refractivity contribution in [1.82, 2.24) is 0 Å². The predicted molar refractivity (Wildman–Crippen MR) is 107 cm³/mol. The summed E-state index contributed by atoms with van der Waals surface area (Å²) < 4.78 is 6.27. The van der Waals surface area contributed by atoms with Crippen LogP contribution in [0.1, 0.15) is 62.3 Å². The molecule has 0 saturated carbocycles. The van der Waals surface area contributed by atoms with Crippen molar-refractivity contribution in [3.63, 3.8) is 0 Å². The van der Waals surface area contributed by atoms with E-state index in [4.69, 9.17) is 4.43 Å². The van der Waals surface area contributed by atoms with Gasteiger partial charge >= 0.3 is 0 Å². The van der Waals surface area contributed by atoms with E-state index < -0.39 is 8.32 Å². The van der Waals surface area contributed by atoms with Crippen molar-refractivity contribution in [3.05, 3.63) is 40.7 Å². The summed E-state index contributed by atoms with van der Waals surface area (Å²) >= 11 is 0. The van der Waals surface area contributed by atoms with Crippen LogP contribution in [0.5, 0.6) is 0 Å². The first-order chi connectivity index (χ1) is 10.2. The van der Waals surface area contributed by atoms with Gasteiger partial charge in [0.05, 0.1) is 6.61 Å². The third kappa shape index (κ3) is 8.01. The van der Waals surface area contributed by atoms with Gasteiger partial charge in [-0.2, -0.15) is 0 Å². The van der Waals surface area contributed by atoms with Crippen LogP contribution in [-0.4, -0.2) is 14.9 Å².